The van der Waals surface area contributed by atoms with Crippen LogP contribution in [0.5, 0.6) is 0 Å². The average molecular weight is 224 g/mol. The van der Waals surface area contributed by atoms with Gasteiger partial charge in [-0.05, 0) is 12.8 Å². The van der Waals surface area contributed by atoms with Gasteiger partial charge in [-0.3, -0.25) is 4.79 Å². The van der Waals surface area contributed by atoms with Gasteiger partial charge in [0.15, 0.2) is 0 Å². The first kappa shape index (κ1) is 11.1. The molecule has 0 saturated heterocycles. The Balaban J connectivity index is 1.83. The molecule has 2 atom stereocenters. The maximum atomic E-state index is 11.6. The molecule has 1 amide bonds. The number of carbonyl (C=O) groups excluding carboxylic acids is 1. The summed E-state index contributed by atoms with van der Waals surface area (Å²) >= 11 is 0. The number of nitrogens with one attached hydrogen (secondary N) is 1. The van der Waals surface area contributed by atoms with E-state index in [9.17, 15) is 4.79 Å². The summed E-state index contributed by atoms with van der Waals surface area (Å²) in [5.41, 5.74) is 0. The highest BCUT2D eigenvalue weighted by Crippen LogP contribution is 2.24. The fourth-order valence-corrected chi connectivity index (χ4v) is 2.16. The standard InChI is InChI=1S/C10H16N4O2/c15-7-8-2-1-3-9(8)12-10(16)6-14-5-4-11-13-14/h4-5,8-9,15H,1-3,6-7H2,(H,12,16). The van der Waals surface area contributed by atoms with Crippen molar-refractivity contribution in [2.75, 3.05) is 6.61 Å². The lowest BCUT2D eigenvalue weighted by Crippen LogP contribution is -2.40. The monoisotopic (exact) mass is 224 g/mol. The summed E-state index contributed by atoms with van der Waals surface area (Å²) < 4.78 is 1.48. The zero-order chi connectivity index (χ0) is 11.4. The van der Waals surface area contributed by atoms with Crippen molar-refractivity contribution in [3.8, 4) is 0 Å². The molecule has 6 nitrogen and oxygen atoms in total. The van der Waals surface area contributed by atoms with Crippen molar-refractivity contribution in [1.29, 1.82) is 0 Å². The van der Waals surface area contributed by atoms with E-state index < -0.39 is 0 Å². The molecular weight excluding hydrogens is 208 g/mol. The van der Waals surface area contributed by atoms with Crippen LogP contribution in [-0.4, -0.2) is 38.7 Å². The lowest BCUT2D eigenvalue weighted by atomic mass is 10.1. The predicted molar refractivity (Wildman–Crippen MR) is 56.4 cm³/mol. The Hall–Kier alpha value is -1.43. The highest BCUT2D eigenvalue weighted by atomic mass is 16.3. The summed E-state index contributed by atoms with van der Waals surface area (Å²) in [5, 5.41) is 19.4. The van der Waals surface area contributed by atoms with Gasteiger partial charge in [-0.25, -0.2) is 4.68 Å². The molecule has 1 fully saturated rings. The minimum Gasteiger partial charge on any atom is -0.396 e. The van der Waals surface area contributed by atoms with E-state index in [2.05, 4.69) is 15.6 Å². The largest absolute Gasteiger partial charge is 0.396 e. The smallest absolute Gasteiger partial charge is 0.242 e. The Morgan fingerprint density at radius 3 is 3.12 bits per heavy atom. The Kier molecular flexibility index (Phi) is 3.51. The SMILES string of the molecule is O=C(Cn1ccnn1)NC1CCCC1CO. The van der Waals surface area contributed by atoms with E-state index in [1.54, 1.807) is 12.4 Å². The first-order valence-electron chi connectivity index (χ1n) is 5.54. The number of aliphatic hydroxyl groups is 1. The topological polar surface area (TPSA) is 80.0 Å². The van der Waals surface area contributed by atoms with Crippen molar-refractivity contribution < 1.29 is 9.90 Å². The highest BCUT2D eigenvalue weighted by molar-refractivity contribution is 5.76. The van der Waals surface area contributed by atoms with Gasteiger partial charge in [-0.1, -0.05) is 11.6 Å². The van der Waals surface area contributed by atoms with Crippen LogP contribution < -0.4 is 5.32 Å². The van der Waals surface area contributed by atoms with Crippen molar-refractivity contribution in [3.63, 3.8) is 0 Å². The summed E-state index contributed by atoms with van der Waals surface area (Å²) in [4.78, 5) is 11.6. The minimum atomic E-state index is -0.0733. The maximum absolute atomic E-state index is 11.6. The van der Waals surface area contributed by atoms with E-state index in [1.807, 2.05) is 0 Å². The molecule has 0 bridgehead atoms. The summed E-state index contributed by atoms with van der Waals surface area (Å²) in [5.74, 6) is 0.135. The second kappa shape index (κ2) is 5.07. The number of aliphatic hydroxyl groups excluding tert-OH is 1. The first-order valence-corrected chi connectivity index (χ1v) is 5.54. The molecule has 2 N–H and O–H groups in total. The van der Waals surface area contributed by atoms with Crippen LogP contribution in [-0.2, 0) is 11.3 Å². The zero-order valence-electron chi connectivity index (χ0n) is 9.04. The van der Waals surface area contributed by atoms with Gasteiger partial charge in [0.2, 0.25) is 5.91 Å². The van der Waals surface area contributed by atoms with Crippen LogP contribution in [0.25, 0.3) is 0 Å². The third-order valence-corrected chi connectivity index (χ3v) is 3.02. The van der Waals surface area contributed by atoms with Gasteiger partial charge in [0, 0.05) is 24.8 Å². The van der Waals surface area contributed by atoms with Crippen molar-refractivity contribution in [1.82, 2.24) is 20.3 Å². The van der Waals surface area contributed by atoms with Gasteiger partial charge < -0.3 is 10.4 Å². The first-order chi connectivity index (χ1) is 7.79. The summed E-state index contributed by atoms with van der Waals surface area (Å²) in [7, 11) is 0. The van der Waals surface area contributed by atoms with Crippen molar-refractivity contribution in [3.05, 3.63) is 12.4 Å². The molecule has 0 spiro atoms. The van der Waals surface area contributed by atoms with Crippen LogP contribution in [0.15, 0.2) is 12.4 Å². The van der Waals surface area contributed by atoms with Gasteiger partial charge >= 0.3 is 0 Å². The van der Waals surface area contributed by atoms with E-state index in [0.717, 1.165) is 19.3 Å². The Bertz CT molecular complexity index is 339. The second-order valence-electron chi connectivity index (χ2n) is 4.15. The van der Waals surface area contributed by atoms with Gasteiger partial charge in [0.25, 0.3) is 0 Å². The van der Waals surface area contributed by atoms with Gasteiger partial charge in [0.05, 0.1) is 6.20 Å². The molecule has 88 valence electrons. The Morgan fingerprint density at radius 1 is 1.56 bits per heavy atom. The van der Waals surface area contributed by atoms with E-state index in [0.29, 0.717) is 0 Å². The lowest BCUT2D eigenvalue weighted by Gasteiger charge is -2.18. The Morgan fingerprint density at radius 2 is 2.44 bits per heavy atom. The summed E-state index contributed by atoms with van der Waals surface area (Å²) in [6, 6.07) is 0.112. The minimum absolute atomic E-state index is 0.0733. The fraction of sp³-hybridized carbons (Fsp3) is 0.700. The molecule has 1 aromatic rings. The molecule has 0 aliphatic heterocycles. The van der Waals surface area contributed by atoms with Crippen LogP contribution in [0.1, 0.15) is 19.3 Å². The number of nitrogens with zero attached hydrogens (tertiary/aromatic N) is 3. The predicted octanol–water partition coefficient (Wildman–Crippen LogP) is -0.445. The zero-order valence-corrected chi connectivity index (χ0v) is 9.04. The molecule has 0 radical (unpaired) electrons. The molecular formula is C10H16N4O2. The molecule has 1 aromatic heterocycles. The number of hydrogen-bond donors (Lipinski definition) is 2. The molecule has 1 aliphatic carbocycles. The molecule has 1 heterocycles. The van der Waals surface area contributed by atoms with Crippen LogP contribution in [0.2, 0.25) is 0 Å². The van der Waals surface area contributed by atoms with E-state index in [1.165, 1.54) is 4.68 Å². The molecule has 16 heavy (non-hydrogen) atoms. The fourth-order valence-electron chi connectivity index (χ4n) is 2.16. The number of rotatable bonds is 4. The average Bonchev–Trinajstić information content (AvgIpc) is 2.88. The number of hydrogen-bond acceptors (Lipinski definition) is 4. The van der Waals surface area contributed by atoms with Crippen molar-refractivity contribution in [2.24, 2.45) is 5.92 Å². The quantitative estimate of drug-likeness (QED) is 0.726. The summed E-state index contributed by atoms with van der Waals surface area (Å²) in [6.45, 7) is 0.336. The van der Waals surface area contributed by atoms with Crippen LogP contribution in [0.4, 0.5) is 0 Å². The maximum Gasteiger partial charge on any atom is 0.242 e. The summed E-state index contributed by atoms with van der Waals surface area (Å²) in [6.07, 6.45) is 6.20. The molecule has 1 aliphatic rings. The third-order valence-electron chi connectivity index (χ3n) is 3.02. The van der Waals surface area contributed by atoms with Crippen molar-refractivity contribution >= 4 is 5.91 Å². The molecule has 2 rings (SSSR count). The number of amides is 1. The van der Waals surface area contributed by atoms with Gasteiger partial charge in [0.1, 0.15) is 6.54 Å². The lowest BCUT2D eigenvalue weighted by molar-refractivity contribution is -0.122. The molecule has 0 aromatic carbocycles. The van der Waals surface area contributed by atoms with E-state index in [-0.39, 0.29) is 31.0 Å². The van der Waals surface area contributed by atoms with Crippen LogP contribution in [0.3, 0.4) is 0 Å². The van der Waals surface area contributed by atoms with Crippen LogP contribution >= 0.6 is 0 Å². The van der Waals surface area contributed by atoms with E-state index >= 15 is 0 Å². The second-order valence-corrected chi connectivity index (χ2v) is 4.15. The van der Waals surface area contributed by atoms with E-state index in [4.69, 9.17) is 5.11 Å². The number of carbonyl (C=O) groups is 1. The normalized spacial score (nSPS) is 24.6. The molecule has 2 unspecified atom stereocenters. The van der Waals surface area contributed by atoms with Crippen LogP contribution in [0, 0.1) is 5.92 Å². The van der Waals surface area contributed by atoms with Gasteiger partial charge in [-0.2, -0.15) is 0 Å². The number of aromatic nitrogens is 3. The molecule has 6 heteroatoms. The third kappa shape index (κ3) is 2.57. The van der Waals surface area contributed by atoms with Crippen molar-refractivity contribution in [2.45, 2.75) is 31.8 Å². The Labute approximate surface area is 93.6 Å². The highest BCUT2D eigenvalue weighted by Gasteiger charge is 2.27. The van der Waals surface area contributed by atoms with Gasteiger partial charge in [-0.15, -0.1) is 5.10 Å². The molecule has 1 saturated carbocycles.